The summed E-state index contributed by atoms with van der Waals surface area (Å²) < 4.78 is 61.9. The SMILES string of the molecule is CN(c1cc(-c2cccc(F)c2)ccc1F)c1c(F)ccc(OCC(=O)O)c1F. The van der Waals surface area contributed by atoms with Crippen molar-refractivity contribution in [3.63, 3.8) is 0 Å². The van der Waals surface area contributed by atoms with Crippen LogP contribution in [-0.2, 0) is 4.79 Å². The molecule has 0 fully saturated rings. The number of rotatable bonds is 6. The molecule has 0 radical (unpaired) electrons. The Kier molecular flexibility index (Phi) is 5.72. The van der Waals surface area contributed by atoms with E-state index in [1.165, 1.54) is 37.4 Å². The number of ether oxygens (including phenoxy) is 1. The van der Waals surface area contributed by atoms with Gasteiger partial charge in [0.15, 0.2) is 18.2 Å². The molecule has 0 spiro atoms. The minimum absolute atomic E-state index is 0.167. The summed E-state index contributed by atoms with van der Waals surface area (Å²) in [6.07, 6.45) is 0. The molecule has 150 valence electrons. The molecule has 8 heteroatoms. The smallest absolute Gasteiger partial charge is 0.341 e. The Hall–Kier alpha value is -3.55. The number of anilines is 2. The van der Waals surface area contributed by atoms with Gasteiger partial charge in [0.05, 0.1) is 5.69 Å². The van der Waals surface area contributed by atoms with E-state index in [9.17, 15) is 22.4 Å². The molecule has 0 saturated carbocycles. The van der Waals surface area contributed by atoms with Gasteiger partial charge in [0, 0.05) is 7.05 Å². The van der Waals surface area contributed by atoms with E-state index in [0.29, 0.717) is 11.1 Å². The van der Waals surface area contributed by atoms with Crippen LogP contribution in [-0.4, -0.2) is 24.7 Å². The van der Waals surface area contributed by atoms with Crippen molar-refractivity contribution in [3.8, 4) is 16.9 Å². The number of nitrogens with zero attached hydrogens (tertiary/aromatic N) is 1. The van der Waals surface area contributed by atoms with Crippen molar-refractivity contribution in [1.29, 1.82) is 0 Å². The Labute approximate surface area is 163 Å². The molecular weight excluding hydrogens is 390 g/mol. The van der Waals surface area contributed by atoms with Crippen molar-refractivity contribution in [1.82, 2.24) is 0 Å². The second-order valence-electron chi connectivity index (χ2n) is 6.13. The van der Waals surface area contributed by atoms with Gasteiger partial charge in [-0.25, -0.2) is 22.4 Å². The normalized spacial score (nSPS) is 10.7. The van der Waals surface area contributed by atoms with Gasteiger partial charge in [-0.2, -0.15) is 0 Å². The van der Waals surface area contributed by atoms with Crippen LogP contribution >= 0.6 is 0 Å². The molecule has 0 aliphatic heterocycles. The van der Waals surface area contributed by atoms with E-state index >= 15 is 0 Å². The highest BCUT2D eigenvalue weighted by molar-refractivity contribution is 5.73. The topological polar surface area (TPSA) is 49.8 Å². The third-order valence-corrected chi connectivity index (χ3v) is 4.18. The molecule has 29 heavy (non-hydrogen) atoms. The Balaban J connectivity index is 2.04. The second-order valence-corrected chi connectivity index (χ2v) is 6.13. The predicted octanol–water partition coefficient (Wildman–Crippen LogP) is 5.14. The molecule has 3 rings (SSSR count). The van der Waals surface area contributed by atoms with Gasteiger partial charge in [0.25, 0.3) is 0 Å². The summed E-state index contributed by atoms with van der Waals surface area (Å²) in [7, 11) is 1.25. The lowest BCUT2D eigenvalue weighted by Crippen LogP contribution is -2.17. The van der Waals surface area contributed by atoms with E-state index in [1.807, 2.05) is 0 Å². The number of halogens is 4. The van der Waals surface area contributed by atoms with Crippen LogP contribution in [0.1, 0.15) is 0 Å². The van der Waals surface area contributed by atoms with E-state index in [4.69, 9.17) is 9.84 Å². The maximum atomic E-state index is 14.8. The predicted molar refractivity (Wildman–Crippen MR) is 99.3 cm³/mol. The second kappa shape index (κ2) is 8.22. The molecule has 3 aromatic rings. The van der Waals surface area contributed by atoms with E-state index in [-0.39, 0.29) is 5.69 Å². The molecule has 3 aromatic carbocycles. The molecule has 0 atom stereocenters. The molecule has 1 N–H and O–H groups in total. The Morgan fingerprint density at radius 3 is 2.34 bits per heavy atom. The van der Waals surface area contributed by atoms with Crippen LogP contribution in [0.5, 0.6) is 5.75 Å². The molecule has 0 aromatic heterocycles. The molecule has 0 unspecified atom stereocenters. The van der Waals surface area contributed by atoms with Crippen molar-refractivity contribution in [2.75, 3.05) is 18.6 Å². The van der Waals surface area contributed by atoms with E-state index in [1.54, 1.807) is 6.07 Å². The molecule has 0 aliphatic rings. The minimum atomic E-state index is -1.34. The molecule has 0 saturated heterocycles. The molecule has 4 nitrogen and oxygen atoms in total. The standard InChI is InChI=1S/C21H15F4NO3/c1-26(21-16(24)7-8-18(20(21)25)29-11-19(27)28)17-10-13(5-6-15(17)23)12-3-2-4-14(22)9-12/h2-10H,11H2,1H3,(H,27,28). The summed E-state index contributed by atoms with van der Waals surface area (Å²) in [5.41, 5.74) is 0.106. The fourth-order valence-corrected chi connectivity index (χ4v) is 2.82. The maximum absolute atomic E-state index is 14.8. The Bertz CT molecular complexity index is 1070. The lowest BCUT2D eigenvalue weighted by atomic mass is 10.0. The van der Waals surface area contributed by atoms with Crippen LogP contribution < -0.4 is 9.64 Å². The van der Waals surface area contributed by atoms with Gasteiger partial charge < -0.3 is 14.7 Å². The first-order valence-corrected chi connectivity index (χ1v) is 8.39. The van der Waals surface area contributed by atoms with Crippen molar-refractivity contribution in [2.45, 2.75) is 0 Å². The highest BCUT2D eigenvalue weighted by atomic mass is 19.1. The number of aliphatic carboxylic acids is 1. The first-order valence-electron chi connectivity index (χ1n) is 8.39. The summed E-state index contributed by atoms with van der Waals surface area (Å²) >= 11 is 0. The Morgan fingerprint density at radius 2 is 1.66 bits per heavy atom. The average molecular weight is 405 g/mol. The summed E-state index contributed by atoms with van der Waals surface area (Å²) in [5, 5.41) is 8.66. The number of benzene rings is 3. The van der Waals surface area contributed by atoms with E-state index in [2.05, 4.69) is 0 Å². The number of carboxylic acid groups (broad SMARTS) is 1. The first kappa shape index (κ1) is 20.2. The zero-order valence-electron chi connectivity index (χ0n) is 15.1. The number of hydrogen-bond acceptors (Lipinski definition) is 3. The van der Waals surface area contributed by atoms with Crippen molar-refractivity contribution in [3.05, 3.63) is 77.9 Å². The van der Waals surface area contributed by atoms with Gasteiger partial charge in [-0.15, -0.1) is 0 Å². The zero-order valence-corrected chi connectivity index (χ0v) is 15.1. The quantitative estimate of drug-likeness (QED) is 0.577. The van der Waals surface area contributed by atoms with E-state index < -0.39 is 47.3 Å². The van der Waals surface area contributed by atoms with Crippen LogP contribution in [0.25, 0.3) is 11.1 Å². The van der Waals surface area contributed by atoms with Gasteiger partial charge in [0.2, 0.25) is 0 Å². The molecule has 0 aliphatic carbocycles. The molecule has 0 amide bonds. The third kappa shape index (κ3) is 4.31. The van der Waals surface area contributed by atoms with Gasteiger partial charge >= 0.3 is 5.97 Å². The van der Waals surface area contributed by atoms with Crippen LogP contribution in [0, 0.1) is 23.3 Å². The van der Waals surface area contributed by atoms with Crippen LogP contribution in [0.15, 0.2) is 54.6 Å². The van der Waals surface area contributed by atoms with Crippen LogP contribution in [0.2, 0.25) is 0 Å². The lowest BCUT2D eigenvalue weighted by molar-refractivity contribution is -0.139. The van der Waals surface area contributed by atoms with Gasteiger partial charge in [-0.3, -0.25) is 0 Å². The molecule has 0 heterocycles. The van der Waals surface area contributed by atoms with Crippen LogP contribution in [0.3, 0.4) is 0 Å². The molecule has 0 bridgehead atoms. The van der Waals surface area contributed by atoms with Gasteiger partial charge in [-0.05, 0) is 47.5 Å². The lowest BCUT2D eigenvalue weighted by Gasteiger charge is -2.23. The number of hydrogen-bond donors (Lipinski definition) is 1. The summed E-state index contributed by atoms with van der Waals surface area (Å²) in [6.45, 7) is -0.824. The fraction of sp³-hybridized carbons (Fsp3) is 0.0952. The number of carbonyl (C=O) groups is 1. The fourth-order valence-electron chi connectivity index (χ4n) is 2.82. The summed E-state index contributed by atoms with van der Waals surface area (Å²) in [5.74, 6) is -5.24. The van der Waals surface area contributed by atoms with Crippen molar-refractivity contribution < 1.29 is 32.2 Å². The number of carboxylic acids is 1. The zero-order chi connectivity index (χ0) is 21.1. The molecular formula is C21H15F4NO3. The Morgan fingerprint density at radius 1 is 0.966 bits per heavy atom. The highest BCUT2D eigenvalue weighted by Crippen LogP contribution is 2.36. The minimum Gasteiger partial charge on any atom is -0.479 e. The van der Waals surface area contributed by atoms with E-state index in [0.717, 1.165) is 23.1 Å². The first-order chi connectivity index (χ1) is 13.8. The van der Waals surface area contributed by atoms with Crippen molar-refractivity contribution >= 4 is 17.3 Å². The summed E-state index contributed by atoms with van der Waals surface area (Å²) in [6, 6.07) is 11.3. The monoisotopic (exact) mass is 405 g/mol. The highest BCUT2D eigenvalue weighted by Gasteiger charge is 2.22. The van der Waals surface area contributed by atoms with Gasteiger partial charge in [0.1, 0.15) is 23.1 Å². The maximum Gasteiger partial charge on any atom is 0.341 e. The van der Waals surface area contributed by atoms with Gasteiger partial charge in [-0.1, -0.05) is 18.2 Å². The third-order valence-electron chi connectivity index (χ3n) is 4.18. The van der Waals surface area contributed by atoms with Crippen molar-refractivity contribution in [2.24, 2.45) is 0 Å². The largest absolute Gasteiger partial charge is 0.479 e. The summed E-state index contributed by atoms with van der Waals surface area (Å²) in [4.78, 5) is 11.6. The van der Waals surface area contributed by atoms with Crippen LogP contribution in [0.4, 0.5) is 28.9 Å². The average Bonchev–Trinajstić information content (AvgIpc) is 2.67.